The molecule has 1 aliphatic rings. The molecule has 0 aromatic carbocycles. The Morgan fingerprint density at radius 2 is 2.30 bits per heavy atom. The number of halogens is 1. The zero-order chi connectivity index (χ0) is 14.4. The van der Waals surface area contributed by atoms with Crippen LogP contribution in [0.4, 0.5) is 5.82 Å². The van der Waals surface area contributed by atoms with Crippen LogP contribution in [0.2, 0.25) is 5.02 Å². The average molecular weight is 296 g/mol. The molecule has 1 aromatic rings. The summed E-state index contributed by atoms with van der Waals surface area (Å²) in [5.74, 6) is 1.89. The predicted molar refractivity (Wildman–Crippen MR) is 86.5 cm³/mol. The van der Waals surface area contributed by atoms with E-state index in [9.17, 15) is 0 Å². The van der Waals surface area contributed by atoms with E-state index in [1.165, 1.54) is 19.3 Å². The van der Waals surface area contributed by atoms with Gasteiger partial charge in [-0.25, -0.2) is 4.98 Å². The third kappa shape index (κ3) is 4.10. The van der Waals surface area contributed by atoms with Crippen LogP contribution in [0.5, 0.6) is 0 Å². The Morgan fingerprint density at radius 1 is 1.45 bits per heavy atom. The molecule has 1 N–H and O–H groups in total. The van der Waals surface area contributed by atoms with E-state index in [4.69, 9.17) is 11.6 Å². The highest BCUT2D eigenvalue weighted by atomic mass is 35.5. The van der Waals surface area contributed by atoms with Gasteiger partial charge >= 0.3 is 0 Å². The molecule has 0 saturated carbocycles. The van der Waals surface area contributed by atoms with Gasteiger partial charge in [-0.05, 0) is 43.4 Å². The average Bonchev–Trinajstić information content (AvgIpc) is 2.49. The lowest BCUT2D eigenvalue weighted by molar-refractivity contribution is 0.403. The Balaban J connectivity index is 2.05. The van der Waals surface area contributed by atoms with Gasteiger partial charge in [0.2, 0.25) is 0 Å². The molecule has 0 aliphatic carbocycles. The topological polar surface area (TPSA) is 28.2 Å². The van der Waals surface area contributed by atoms with Crippen molar-refractivity contribution in [3.8, 4) is 0 Å². The zero-order valence-corrected chi connectivity index (χ0v) is 13.4. The molecule has 1 atom stereocenters. The molecule has 1 unspecified atom stereocenters. The van der Waals surface area contributed by atoms with Crippen LogP contribution in [0, 0.1) is 5.92 Å². The third-order valence-corrected chi connectivity index (χ3v) is 4.42. The number of nitrogens with one attached hydrogen (secondary N) is 1. The van der Waals surface area contributed by atoms with E-state index in [0.717, 1.165) is 54.9 Å². The van der Waals surface area contributed by atoms with Crippen molar-refractivity contribution in [1.82, 2.24) is 10.3 Å². The van der Waals surface area contributed by atoms with E-state index in [0.29, 0.717) is 0 Å². The summed E-state index contributed by atoms with van der Waals surface area (Å²) in [6.45, 7) is 8.55. The Kier molecular flexibility index (Phi) is 6.11. The minimum atomic E-state index is 0.765. The van der Waals surface area contributed by atoms with Gasteiger partial charge in [-0.15, -0.1) is 0 Å². The van der Waals surface area contributed by atoms with Gasteiger partial charge in [0.25, 0.3) is 0 Å². The normalized spacial score (nSPS) is 19.4. The van der Waals surface area contributed by atoms with Gasteiger partial charge in [-0.2, -0.15) is 0 Å². The first kappa shape index (κ1) is 15.6. The summed E-state index contributed by atoms with van der Waals surface area (Å²) in [5, 5.41) is 4.18. The van der Waals surface area contributed by atoms with E-state index < -0.39 is 0 Å². The van der Waals surface area contributed by atoms with Crippen LogP contribution < -0.4 is 10.2 Å². The second-order valence-electron chi connectivity index (χ2n) is 5.67. The second-order valence-corrected chi connectivity index (χ2v) is 6.08. The van der Waals surface area contributed by atoms with E-state index in [1.54, 1.807) is 6.20 Å². The maximum absolute atomic E-state index is 6.25. The summed E-state index contributed by atoms with van der Waals surface area (Å²) in [7, 11) is 0. The lowest BCUT2D eigenvalue weighted by Crippen LogP contribution is -2.35. The number of nitrogens with zero attached hydrogens (tertiary/aromatic N) is 2. The predicted octanol–water partition coefficient (Wildman–Crippen LogP) is 3.86. The highest BCUT2D eigenvalue weighted by Crippen LogP contribution is 2.26. The molecule has 4 heteroatoms. The lowest BCUT2D eigenvalue weighted by atomic mass is 9.95. The Labute approximate surface area is 127 Å². The fourth-order valence-electron chi connectivity index (χ4n) is 2.78. The summed E-state index contributed by atoms with van der Waals surface area (Å²) in [6.07, 6.45) is 6.82. The second kappa shape index (κ2) is 7.84. The molecule has 3 nitrogen and oxygen atoms in total. The summed E-state index contributed by atoms with van der Waals surface area (Å²) >= 11 is 6.25. The molecule has 1 fully saturated rings. The SMILES string of the molecule is CCCNCc1cc(N2CCCC(CC)C2)ncc1Cl. The number of hydrogen-bond donors (Lipinski definition) is 1. The van der Waals surface area contributed by atoms with Crippen molar-refractivity contribution >= 4 is 17.4 Å². The van der Waals surface area contributed by atoms with Crippen molar-refractivity contribution in [2.75, 3.05) is 24.5 Å². The molecular weight excluding hydrogens is 270 g/mol. The standard InChI is InChI=1S/C16H26ClN3/c1-3-7-18-10-14-9-16(19-11-15(14)17)20-8-5-6-13(4-2)12-20/h9,11,13,18H,3-8,10,12H2,1-2H3. The number of hydrogen-bond acceptors (Lipinski definition) is 3. The zero-order valence-electron chi connectivity index (χ0n) is 12.7. The molecule has 112 valence electrons. The first-order valence-electron chi connectivity index (χ1n) is 7.84. The monoisotopic (exact) mass is 295 g/mol. The molecule has 0 bridgehead atoms. The first-order valence-corrected chi connectivity index (χ1v) is 8.22. The number of aromatic nitrogens is 1. The maximum Gasteiger partial charge on any atom is 0.128 e. The number of rotatable bonds is 6. The number of piperidine rings is 1. The van der Waals surface area contributed by atoms with E-state index >= 15 is 0 Å². The molecule has 0 radical (unpaired) electrons. The molecule has 1 saturated heterocycles. The van der Waals surface area contributed by atoms with Crippen molar-refractivity contribution in [2.45, 2.75) is 46.1 Å². The van der Waals surface area contributed by atoms with Crippen molar-refractivity contribution in [1.29, 1.82) is 0 Å². The van der Waals surface area contributed by atoms with Crippen LogP contribution in [-0.2, 0) is 6.54 Å². The van der Waals surface area contributed by atoms with Gasteiger partial charge in [-0.3, -0.25) is 0 Å². The van der Waals surface area contributed by atoms with Crippen molar-refractivity contribution in [3.63, 3.8) is 0 Å². The summed E-state index contributed by atoms with van der Waals surface area (Å²) in [5.41, 5.74) is 1.16. The highest BCUT2D eigenvalue weighted by molar-refractivity contribution is 6.31. The Morgan fingerprint density at radius 3 is 3.05 bits per heavy atom. The fourth-order valence-corrected chi connectivity index (χ4v) is 2.95. The number of pyridine rings is 1. The lowest BCUT2D eigenvalue weighted by Gasteiger charge is -2.33. The summed E-state index contributed by atoms with van der Waals surface area (Å²) < 4.78 is 0. The Bertz CT molecular complexity index is 422. The van der Waals surface area contributed by atoms with Crippen LogP contribution in [0.1, 0.15) is 45.1 Å². The molecule has 1 aliphatic heterocycles. The van der Waals surface area contributed by atoms with Gasteiger partial charge < -0.3 is 10.2 Å². The maximum atomic E-state index is 6.25. The van der Waals surface area contributed by atoms with Crippen LogP contribution in [0.3, 0.4) is 0 Å². The van der Waals surface area contributed by atoms with E-state index in [-0.39, 0.29) is 0 Å². The van der Waals surface area contributed by atoms with Crippen molar-refractivity contribution in [2.24, 2.45) is 5.92 Å². The van der Waals surface area contributed by atoms with Gasteiger partial charge in [0.15, 0.2) is 0 Å². The fraction of sp³-hybridized carbons (Fsp3) is 0.688. The van der Waals surface area contributed by atoms with E-state index in [1.807, 2.05) is 0 Å². The molecule has 1 aromatic heterocycles. The quantitative estimate of drug-likeness (QED) is 0.808. The van der Waals surface area contributed by atoms with Crippen molar-refractivity contribution in [3.05, 3.63) is 22.8 Å². The smallest absolute Gasteiger partial charge is 0.128 e. The van der Waals surface area contributed by atoms with Gasteiger partial charge in [0.05, 0.1) is 5.02 Å². The van der Waals surface area contributed by atoms with E-state index in [2.05, 4.69) is 35.1 Å². The Hall–Kier alpha value is -0.800. The third-order valence-electron chi connectivity index (χ3n) is 4.08. The van der Waals surface area contributed by atoms with Crippen LogP contribution in [-0.4, -0.2) is 24.6 Å². The molecule has 0 spiro atoms. The van der Waals surface area contributed by atoms with Gasteiger partial charge in [-0.1, -0.05) is 31.9 Å². The summed E-state index contributed by atoms with van der Waals surface area (Å²) in [4.78, 5) is 6.94. The minimum absolute atomic E-state index is 0.765. The molecule has 0 amide bonds. The molecule has 20 heavy (non-hydrogen) atoms. The number of anilines is 1. The molecular formula is C16H26ClN3. The van der Waals surface area contributed by atoms with Gasteiger partial charge in [0.1, 0.15) is 5.82 Å². The van der Waals surface area contributed by atoms with Crippen LogP contribution in [0.25, 0.3) is 0 Å². The molecule has 2 heterocycles. The molecule has 2 rings (SSSR count). The van der Waals surface area contributed by atoms with Gasteiger partial charge in [0, 0.05) is 25.8 Å². The minimum Gasteiger partial charge on any atom is -0.356 e. The largest absolute Gasteiger partial charge is 0.356 e. The van der Waals surface area contributed by atoms with Crippen LogP contribution >= 0.6 is 11.6 Å². The van der Waals surface area contributed by atoms with Crippen LogP contribution in [0.15, 0.2) is 12.3 Å². The highest BCUT2D eigenvalue weighted by Gasteiger charge is 2.20. The van der Waals surface area contributed by atoms with Crippen molar-refractivity contribution < 1.29 is 0 Å². The first-order chi connectivity index (χ1) is 9.74. The summed E-state index contributed by atoms with van der Waals surface area (Å²) in [6, 6.07) is 2.16.